The highest BCUT2D eigenvalue weighted by molar-refractivity contribution is 6.13. The summed E-state index contributed by atoms with van der Waals surface area (Å²) in [5.41, 5.74) is 2.39. The van der Waals surface area contributed by atoms with Gasteiger partial charge < -0.3 is 9.84 Å². The van der Waals surface area contributed by atoms with Crippen molar-refractivity contribution in [1.82, 2.24) is 9.97 Å². The van der Waals surface area contributed by atoms with Crippen LogP contribution in [0.3, 0.4) is 0 Å². The number of phenols is 1. The first-order valence-electron chi connectivity index (χ1n) is 12.9. The molecule has 1 heterocycles. The molecule has 4 aromatic carbocycles. The van der Waals surface area contributed by atoms with Crippen LogP contribution in [0.1, 0.15) is 39.5 Å². The van der Waals surface area contributed by atoms with Crippen LogP contribution >= 0.6 is 0 Å². The van der Waals surface area contributed by atoms with Crippen LogP contribution in [0.2, 0.25) is 0 Å². The van der Waals surface area contributed by atoms with Crippen molar-refractivity contribution in [3.8, 4) is 34.3 Å². The molecule has 1 N–H and O–H groups in total. The van der Waals surface area contributed by atoms with Gasteiger partial charge in [-0.1, -0.05) is 93.8 Å². The van der Waals surface area contributed by atoms with E-state index in [0.717, 1.165) is 34.9 Å². The standard InChI is InChI=1S/C32H32N2O2/c1-3-5-12-22(4-2)21-36-31-20-29(33-32(34-31)27-17-10-11-18-30(27)35)28-19-23-13-6-7-14-24(23)25-15-8-9-16-26(25)28/h6-11,13-20,22,35H,3-5,12,21H2,1-2H3. The first-order chi connectivity index (χ1) is 17.7. The maximum Gasteiger partial charge on any atom is 0.217 e. The number of benzene rings is 4. The van der Waals surface area contributed by atoms with Gasteiger partial charge in [-0.05, 0) is 52.1 Å². The fourth-order valence-corrected chi connectivity index (χ4v) is 4.79. The molecule has 1 aromatic heterocycles. The minimum absolute atomic E-state index is 0.151. The van der Waals surface area contributed by atoms with E-state index >= 15 is 0 Å². The van der Waals surface area contributed by atoms with Crippen molar-refractivity contribution in [1.29, 1.82) is 0 Å². The summed E-state index contributed by atoms with van der Waals surface area (Å²) in [5.74, 6) is 1.63. The smallest absolute Gasteiger partial charge is 0.217 e. The molecule has 0 aliphatic carbocycles. The summed E-state index contributed by atoms with van der Waals surface area (Å²) in [6, 6.07) is 28.2. The van der Waals surface area contributed by atoms with Gasteiger partial charge >= 0.3 is 0 Å². The fraction of sp³-hybridized carbons (Fsp3) is 0.250. The molecule has 4 heteroatoms. The Morgan fingerprint density at radius 3 is 2.28 bits per heavy atom. The van der Waals surface area contributed by atoms with E-state index in [4.69, 9.17) is 14.7 Å². The summed E-state index contributed by atoms with van der Waals surface area (Å²) >= 11 is 0. The van der Waals surface area contributed by atoms with Crippen LogP contribution in [0.4, 0.5) is 0 Å². The summed E-state index contributed by atoms with van der Waals surface area (Å²) in [6.07, 6.45) is 4.59. The highest BCUT2D eigenvalue weighted by Gasteiger charge is 2.16. The zero-order chi connectivity index (χ0) is 24.9. The Morgan fingerprint density at radius 1 is 0.778 bits per heavy atom. The molecule has 0 radical (unpaired) electrons. The van der Waals surface area contributed by atoms with Gasteiger partial charge in [0.15, 0.2) is 5.82 Å². The molecule has 0 saturated heterocycles. The van der Waals surface area contributed by atoms with Gasteiger partial charge in [0.25, 0.3) is 0 Å². The minimum Gasteiger partial charge on any atom is -0.507 e. The summed E-state index contributed by atoms with van der Waals surface area (Å²) in [7, 11) is 0. The molecule has 1 atom stereocenters. The highest BCUT2D eigenvalue weighted by atomic mass is 16.5. The van der Waals surface area contributed by atoms with Crippen LogP contribution in [0.5, 0.6) is 11.6 Å². The van der Waals surface area contributed by atoms with Crippen LogP contribution in [0.25, 0.3) is 44.2 Å². The van der Waals surface area contributed by atoms with E-state index in [1.165, 1.54) is 23.6 Å². The highest BCUT2D eigenvalue weighted by Crippen LogP contribution is 2.37. The van der Waals surface area contributed by atoms with Gasteiger partial charge in [0, 0.05) is 11.6 Å². The predicted octanol–water partition coefficient (Wildman–Crippen LogP) is 8.42. The zero-order valence-corrected chi connectivity index (χ0v) is 20.9. The SMILES string of the molecule is CCCCC(CC)COc1cc(-c2cc3ccccc3c3ccccc23)nc(-c2ccccc2O)n1. The lowest BCUT2D eigenvalue weighted by molar-refractivity contribution is 0.226. The van der Waals surface area contributed by atoms with E-state index in [1.54, 1.807) is 12.1 Å². The van der Waals surface area contributed by atoms with Crippen molar-refractivity contribution in [3.63, 3.8) is 0 Å². The van der Waals surface area contributed by atoms with Gasteiger partial charge in [0.1, 0.15) is 5.75 Å². The molecule has 5 aromatic rings. The van der Waals surface area contributed by atoms with Crippen molar-refractivity contribution in [2.24, 2.45) is 5.92 Å². The largest absolute Gasteiger partial charge is 0.507 e. The van der Waals surface area contributed by atoms with Crippen LogP contribution in [0.15, 0.2) is 84.9 Å². The first-order valence-corrected chi connectivity index (χ1v) is 12.9. The number of aromatic hydroxyl groups is 1. The number of aromatic nitrogens is 2. The maximum absolute atomic E-state index is 10.6. The predicted molar refractivity (Wildman–Crippen MR) is 148 cm³/mol. The second-order valence-corrected chi connectivity index (χ2v) is 9.35. The molecule has 1 unspecified atom stereocenters. The number of phenolic OH excluding ortho intramolecular Hbond substituents is 1. The van der Waals surface area contributed by atoms with Gasteiger partial charge in [-0.2, -0.15) is 4.98 Å². The molecule has 182 valence electrons. The topological polar surface area (TPSA) is 55.2 Å². The lowest BCUT2D eigenvalue weighted by atomic mass is 9.95. The number of fused-ring (bicyclic) bond motifs is 3. The second-order valence-electron chi connectivity index (χ2n) is 9.35. The fourth-order valence-electron chi connectivity index (χ4n) is 4.79. The monoisotopic (exact) mass is 476 g/mol. The lowest BCUT2D eigenvalue weighted by Crippen LogP contribution is -2.12. The number of nitrogens with zero attached hydrogens (tertiary/aromatic N) is 2. The van der Waals surface area contributed by atoms with Crippen LogP contribution in [0, 0.1) is 5.92 Å². The minimum atomic E-state index is 0.151. The van der Waals surface area contributed by atoms with Crippen LogP contribution < -0.4 is 4.74 Å². The molecule has 0 spiro atoms. The lowest BCUT2D eigenvalue weighted by Gasteiger charge is -2.17. The molecular weight excluding hydrogens is 444 g/mol. The number of hydrogen-bond donors (Lipinski definition) is 1. The van der Waals surface area contributed by atoms with E-state index in [1.807, 2.05) is 18.2 Å². The normalized spacial score (nSPS) is 12.2. The number of para-hydroxylation sites is 1. The van der Waals surface area contributed by atoms with Gasteiger partial charge in [0.05, 0.1) is 17.9 Å². The number of hydrogen-bond acceptors (Lipinski definition) is 4. The van der Waals surface area contributed by atoms with Gasteiger partial charge in [-0.3, -0.25) is 0 Å². The molecule has 0 aliphatic heterocycles. The third-order valence-corrected chi connectivity index (χ3v) is 6.90. The van der Waals surface area contributed by atoms with Crippen molar-refractivity contribution in [2.45, 2.75) is 39.5 Å². The Morgan fingerprint density at radius 2 is 1.50 bits per heavy atom. The van der Waals surface area contributed by atoms with Gasteiger partial charge in [-0.25, -0.2) is 4.98 Å². The summed E-state index contributed by atoms with van der Waals surface area (Å²) < 4.78 is 6.29. The van der Waals surface area contributed by atoms with Crippen molar-refractivity contribution < 1.29 is 9.84 Å². The Labute approximate surface area is 212 Å². The van der Waals surface area contributed by atoms with Crippen molar-refractivity contribution >= 4 is 21.5 Å². The molecule has 5 rings (SSSR count). The first kappa shape index (κ1) is 23.8. The number of rotatable bonds is 9. The van der Waals surface area contributed by atoms with Gasteiger partial charge in [-0.15, -0.1) is 0 Å². The van der Waals surface area contributed by atoms with Crippen LogP contribution in [-0.2, 0) is 0 Å². The van der Waals surface area contributed by atoms with E-state index in [-0.39, 0.29) is 5.75 Å². The maximum atomic E-state index is 10.6. The van der Waals surface area contributed by atoms with Crippen molar-refractivity contribution in [3.05, 3.63) is 84.9 Å². The Bertz CT molecular complexity index is 1490. The van der Waals surface area contributed by atoms with E-state index in [2.05, 4.69) is 68.4 Å². The Balaban J connectivity index is 1.65. The molecular formula is C32H32N2O2. The van der Waals surface area contributed by atoms with Crippen LogP contribution in [-0.4, -0.2) is 21.7 Å². The summed E-state index contributed by atoms with van der Waals surface area (Å²) in [6.45, 7) is 5.05. The van der Waals surface area contributed by atoms with Gasteiger partial charge in [0.2, 0.25) is 5.88 Å². The molecule has 0 bridgehead atoms. The molecule has 0 fully saturated rings. The van der Waals surface area contributed by atoms with Crippen molar-refractivity contribution in [2.75, 3.05) is 6.61 Å². The molecule has 0 amide bonds. The molecule has 36 heavy (non-hydrogen) atoms. The third-order valence-electron chi connectivity index (χ3n) is 6.90. The molecule has 0 saturated carbocycles. The number of ether oxygens (including phenoxy) is 1. The van der Waals surface area contributed by atoms with E-state index in [9.17, 15) is 5.11 Å². The average Bonchev–Trinajstić information content (AvgIpc) is 2.93. The summed E-state index contributed by atoms with van der Waals surface area (Å²) in [5, 5.41) is 15.2. The second kappa shape index (κ2) is 10.8. The quantitative estimate of drug-likeness (QED) is 0.217. The molecule has 4 nitrogen and oxygen atoms in total. The zero-order valence-electron chi connectivity index (χ0n) is 20.9. The summed E-state index contributed by atoms with van der Waals surface area (Å²) in [4.78, 5) is 9.66. The Kier molecular flexibility index (Phi) is 7.13. The Hall–Kier alpha value is -3.92. The average molecular weight is 477 g/mol. The molecule has 0 aliphatic rings. The van der Waals surface area contributed by atoms with E-state index in [0.29, 0.717) is 29.8 Å². The third kappa shape index (κ3) is 4.90. The van der Waals surface area contributed by atoms with E-state index < -0.39 is 0 Å². The number of unbranched alkanes of at least 4 members (excludes halogenated alkanes) is 1.